The van der Waals surface area contributed by atoms with Crippen LogP contribution in [0.2, 0.25) is 0 Å². The highest BCUT2D eigenvalue weighted by atomic mass is 16.7. The minimum atomic E-state index is -0.669. The van der Waals surface area contributed by atoms with E-state index in [1.54, 1.807) is 0 Å². The summed E-state index contributed by atoms with van der Waals surface area (Å²) in [6.07, 6.45) is 7.04. The Bertz CT molecular complexity index is 771. The van der Waals surface area contributed by atoms with Crippen molar-refractivity contribution >= 4 is 11.8 Å². The minimum absolute atomic E-state index is 0.0498. The number of anilines is 1. The van der Waals surface area contributed by atoms with Crippen LogP contribution in [0.4, 0.5) is 5.82 Å². The third kappa shape index (κ3) is 3.04. The van der Waals surface area contributed by atoms with Gasteiger partial charge in [-0.1, -0.05) is 0 Å². The molecule has 4 bridgehead atoms. The number of rotatable bonds is 4. The lowest BCUT2D eigenvalue weighted by Crippen LogP contribution is -2.50. The van der Waals surface area contributed by atoms with Crippen molar-refractivity contribution in [3.63, 3.8) is 0 Å². The zero-order valence-corrected chi connectivity index (χ0v) is 15.2. The van der Waals surface area contributed by atoms with Crippen molar-refractivity contribution in [3.8, 4) is 0 Å². The van der Waals surface area contributed by atoms with Gasteiger partial charge in [0.2, 0.25) is 0 Å². The molecule has 2 heterocycles. The molecule has 5 aliphatic rings. The van der Waals surface area contributed by atoms with Crippen LogP contribution in [0, 0.1) is 23.2 Å². The van der Waals surface area contributed by atoms with Gasteiger partial charge in [-0.15, -0.1) is 0 Å². The molecule has 6 rings (SSSR count). The molecule has 146 valence electrons. The number of nitrogen functional groups attached to an aromatic ring is 1. The van der Waals surface area contributed by atoms with Gasteiger partial charge in [-0.3, -0.25) is 9.36 Å². The number of carbonyl (C=O) groups is 1. The average molecular weight is 375 g/mol. The second-order valence-electron chi connectivity index (χ2n) is 8.69. The maximum absolute atomic E-state index is 12.9. The molecule has 0 amide bonds. The Hall–Kier alpha value is -1.93. The van der Waals surface area contributed by atoms with Gasteiger partial charge in [0.15, 0.2) is 12.5 Å². The highest BCUT2D eigenvalue weighted by Gasteiger charge is 2.55. The molecule has 0 radical (unpaired) electrons. The second kappa shape index (κ2) is 6.31. The summed E-state index contributed by atoms with van der Waals surface area (Å²) in [6, 6.07) is 1.53. The van der Waals surface area contributed by atoms with Gasteiger partial charge in [0.25, 0.3) is 0 Å². The van der Waals surface area contributed by atoms with Gasteiger partial charge >= 0.3 is 11.7 Å². The standard InChI is InChI=1S/C19H25N3O5/c20-14-1-2-22(18(24)21-14)15-9-25-16(27-15)10-26-17(23)19-6-11-3-12(7-19)5-13(4-11)8-19/h1-2,11-13,15-16H,3-10H2,(H2,20,21,24)/t11?,12?,13?,15-,16-,19?/m0/s1. The minimum Gasteiger partial charge on any atom is -0.460 e. The molecule has 0 unspecified atom stereocenters. The van der Waals surface area contributed by atoms with E-state index in [1.807, 2.05) is 0 Å². The smallest absolute Gasteiger partial charge is 0.351 e. The zero-order chi connectivity index (χ0) is 18.6. The molecular formula is C19H25N3O5. The number of nitrogens with zero attached hydrogens (tertiary/aromatic N) is 2. The Labute approximate surface area is 157 Å². The van der Waals surface area contributed by atoms with Crippen LogP contribution >= 0.6 is 0 Å². The highest BCUT2D eigenvalue weighted by molar-refractivity contribution is 5.77. The third-order valence-corrected chi connectivity index (χ3v) is 6.72. The van der Waals surface area contributed by atoms with Gasteiger partial charge in [-0.05, 0) is 62.3 Å². The van der Waals surface area contributed by atoms with E-state index in [9.17, 15) is 9.59 Å². The first-order valence-corrected chi connectivity index (χ1v) is 9.80. The molecule has 27 heavy (non-hydrogen) atoms. The van der Waals surface area contributed by atoms with Crippen LogP contribution in [-0.2, 0) is 19.0 Å². The molecule has 2 atom stereocenters. The zero-order valence-electron chi connectivity index (χ0n) is 15.2. The molecule has 0 spiro atoms. The summed E-state index contributed by atoms with van der Waals surface area (Å²) in [6.45, 7) is 0.249. The van der Waals surface area contributed by atoms with Crippen LogP contribution in [0.3, 0.4) is 0 Å². The summed E-state index contributed by atoms with van der Waals surface area (Å²) in [7, 11) is 0. The SMILES string of the molecule is Nc1ccn([C@@H]2CO[C@H](COC(=O)C34CC5CC(CC(C5)C3)C4)O2)c(=O)n1. The molecule has 4 aliphatic carbocycles. The van der Waals surface area contributed by atoms with Gasteiger partial charge < -0.3 is 19.9 Å². The maximum atomic E-state index is 12.9. The average Bonchev–Trinajstić information content (AvgIpc) is 3.07. The Morgan fingerprint density at radius 1 is 1.26 bits per heavy atom. The number of nitrogens with two attached hydrogens (primary N) is 1. The van der Waals surface area contributed by atoms with Gasteiger partial charge in [0.05, 0.1) is 12.0 Å². The van der Waals surface area contributed by atoms with Crippen LogP contribution in [0.15, 0.2) is 17.1 Å². The van der Waals surface area contributed by atoms with E-state index in [4.69, 9.17) is 19.9 Å². The lowest BCUT2D eigenvalue weighted by molar-refractivity contribution is -0.183. The van der Waals surface area contributed by atoms with Crippen molar-refractivity contribution in [1.82, 2.24) is 9.55 Å². The van der Waals surface area contributed by atoms with Gasteiger partial charge in [-0.2, -0.15) is 4.98 Å². The van der Waals surface area contributed by atoms with Crippen LogP contribution in [0.25, 0.3) is 0 Å². The molecule has 2 N–H and O–H groups in total. The molecule has 0 aromatic carbocycles. The van der Waals surface area contributed by atoms with Crippen LogP contribution in [0.5, 0.6) is 0 Å². The Kier molecular flexibility index (Phi) is 4.01. The van der Waals surface area contributed by atoms with Crippen molar-refractivity contribution in [3.05, 3.63) is 22.7 Å². The van der Waals surface area contributed by atoms with Crippen LogP contribution in [-0.4, -0.2) is 35.0 Å². The fourth-order valence-electron chi connectivity index (χ4n) is 5.98. The fourth-order valence-corrected chi connectivity index (χ4v) is 5.98. The highest BCUT2D eigenvalue weighted by Crippen LogP contribution is 2.60. The largest absolute Gasteiger partial charge is 0.460 e. The predicted octanol–water partition coefficient (Wildman–Crippen LogP) is 1.46. The summed E-state index contributed by atoms with van der Waals surface area (Å²) >= 11 is 0. The lowest BCUT2D eigenvalue weighted by Gasteiger charge is -2.55. The van der Waals surface area contributed by atoms with E-state index in [0.29, 0.717) is 17.8 Å². The Morgan fingerprint density at radius 2 is 1.93 bits per heavy atom. The molecule has 1 aromatic heterocycles. The first kappa shape index (κ1) is 17.2. The molecule has 1 saturated heterocycles. The molecule has 8 nitrogen and oxygen atoms in total. The fraction of sp³-hybridized carbons (Fsp3) is 0.737. The van der Waals surface area contributed by atoms with Gasteiger partial charge in [-0.25, -0.2) is 4.79 Å². The maximum Gasteiger partial charge on any atom is 0.351 e. The summed E-state index contributed by atoms with van der Waals surface area (Å²) in [5.41, 5.74) is 4.73. The summed E-state index contributed by atoms with van der Waals surface area (Å²) in [5.74, 6) is 2.14. The topological polar surface area (TPSA) is 106 Å². The van der Waals surface area contributed by atoms with E-state index >= 15 is 0 Å². The lowest BCUT2D eigenvalue weighted by atomic mass is 9.49. The second-order valence-corrected chi connectivity index (χ2v) is 8.69. The molecular weight excluding hydrogens is 350 g/mol. The van der Waals surface area contributed by atoms with Crippen LogP contribution < -0.4 is 11.4 Å². The van der Waals surface area contributed by atoms with Gasteiger partial charge in [0.1, 0.15) is 12.4 Å². The number of hydrogen-bond donors (Lipinski definition) is 1. The summed E-state index contributed by atoms with van der Waals surface area (Å²) in [4.78, 5) is 28.5. The van der Waals surface area contributed by atoms with Crippen LogP contribution in [0.1, 0.15) is 44.8 Å². The molecule has 8 heteroatoms. The van der Waals surface area contributed by atoms with E-state index in [2.05, 4.69) is 4.98 Å². The summed E-state index contributed by atoms with van der Waals surface area (Å²) in [5, 5.41) is 0. The number of ether oxygens (including phenoxy) is 3. The quantitative estimate of drug-likeness (QED) is 0.794. The molecule has 1 aromatic rings. The van der Waals surface area contributed by atoms with Crippen molar-refractivity contribution < 1.29 is 19.0 Å². The van der Waals surface area contributed by atoms with Gasteiger partial charge in [0, 0.05) is 6.20 Å². The van der Waals surface area contributed by atoms with Crippen molar-refractivity contribution in [2.75, 3.05) is 18.9 Å². The van der Waals surface area contributed by atoms with Crippen molar-refractivity contribution in [1.29, 1.82) is 0 Å². The number of carbonyl (C=O) groups excluding carboxylic acids is 1. The third-order valence-electron chi connectivity index (χ3n) is 6.72. The monoisotopic (exact) mass is 375 g/mol. The van der Waals surface area contributed by atoms with Crippen molar-refractivity contribution in [2.45, 2.75) is 51.0 Å². The predicted molar refractivity (Wildman–Crippen MR) is 94.3 cm³/mol. The molecule has 5 fully saturated rings. The molecule has 1 aliphatic heterocycles. The van der Waals surface area contributed by atoms with E-state index in [0.717, 1.165) is 19.3 Å². The Morgan fingerprint density at radius 3 is 2.56 bits per heavy atom. The normalized spacial score (nSPS) is 39.6. The molecule has 4 saturated carbocycles. The van der Waals surface area contributed by atoms with E-state index < -0.39 is 18.2 Å². The first-order chi connectivity index (χ1) is 13.0. The van der Waals surface area contributed by atoms with E-state index in [1.165, 1.54) is 36.1 Å². The Balaban J connectivity index is 1.19. The first-order valence-electron chi connectivity index (χ1n) is 9.80. The van der Waals surface area contributed by atoms with E-state index in [-0.39, 0.29) is 30.4 Å². The number of hydrogen-bond acceptors (Lipinski definition) is 7. The number of aromatic nitrogens is 2. The summed E-state index contributed by atoms with van der Waals surface area (Å²) < 4.78 is 18.2. The van der Waals surface area contributed by atoms with Crippen molar-refractivity contribution in [2.24, 2.45) is 23.2 Å². The number of esters is 1.